The fourth-order valence-corrected chi connectivity index (χ4v) is 2.71. The number of aliphatic hydroxyl groups excluding tert-OH is 1. The number of hydrogen-bond acceptors (Lipinski definition) is 2. The Morgan fingerprint density at radius 2 is 1.74 bits per heavy atom. The van der Waals surface area contributed by atoms with Gasteiger partial charge in [0, 0.05) is 12.6 Å². The van der Waals surface area contributed by atoms with Crippen molar-refractivity contribution in [3.63, 3.8) is 0 Å². The zero-order valence-corrected chi connectivity index (χ0v) is 10.9. The maximum atomic E-state index is 13.1. The molecule has 0 aromatic heterocycles. The van der Waals surface area contributed by atoms with Crippen molar-refractivity contribution in [2.75, 3.05) is 7.05 Å². The molecular formula is C14H18F3NO. The van der Waals surface area contributed by atoms with Crippen molar-refractivity contribution in [1.82, 2.24) is 4.90 Å². The topological polar surface area (TPSA) is 23.5 Å². The van der Waals surface area contributed by atoms with Crippen LogP contribution in [0.1, 0.15) is 31.2 Å². The van der Waals surface area contributed by atoms with Gasteiger partial charge in [-0.15, -0.1) is 0 Å². The van der Waals surface area contributed by atoms with Crippen molar-refractivity contribution in [2.24, 2.45) is 0 Å². The highest BCUT2D eigenvalue weighted by Crippen LogP contribution is 2.24. The molecule has 1 aliphatic carbocycles. The van der Waals surface area contributed by atoms with Crippen molar-refractivity contribution in [3.05, 3.63) is 35.1 Å². The maximum absolute atomic E-state index is 13.1. The van der Waals surface area contributed by atoms with Crippen LogP contribution >= 0.6 is 0 Å². The summed E-state index contributed by atoms with van der Waals surface area (Å²) in [5.41, 5.74) is 0.372. The van der Waals surface area contributed by atoms with Crippen LogP contribution in [0.2, 0.25) is 0 Å². The molecule has 2 nitrogen and oxygen atoms in total. The van der Waals surface area contributed by atoms with Gasteiger partial charge in [-0.25, -0.2) is 13.2 Å². The van der Waals surface area contributed by atoms with E-state index in [0.717, 1.165) is 37.8 Å². The Kier molecular flexibility index (Phi) is 4.47. The van der Waals surface area contributed by atoms with Gasteiger partial charge in [0.2, 0.25) is 0 Å². The molecule has 1 saturated carbocycles. The van der Waals surface area contributed by atoms with E-state index in [1.54, 1.807) is 7.05 Å². The molecule has 0 bridgehead atoms. The van der Waals surface area contributed by atoms with Crippen LogP contribution in [0.25, 0.3) is 0 Å². The number of hydrogen-bond donors (Lipinski definition) is 1. The lowest BCUT2D eigenvalue weighted by Crippen LogP contribution is -2.42. The molecule has 1 aromatic rings. The van der Waals surface area contributed by atoms with Crippen LogP contribution in [0.3, 0.4) is 0 Å². The predicted molar refractivity (Wildman–Crippen MR) is 66.0 cm³/mol. The van der Waals surface area contributed by atoms with E-state index in [1.165, 1.54) is 0 Å². The molecule has 0 spiro atoms. The van der Waals surface area contributed by atoms with Gasteiger partial charge in [0.1, 0.15) is 0 Å². The fourth-order valence-electron chi connectivity index (χ4n) is 2.71. The second-order valence-corrected chi connectivity index (χ2v) is 5.21. The normalized spacial score (nSPS) is 23.9. The number of rotatable bonds is 3. The van der Waals surface area contributed by atoms with Crippen molar-refractivity contribution < 1.29 is 18.3 Å². The Bertz CT molecular complexity index is 429. The summed E-state index contributed by atoms with van der Waals surface area (Å²) in [5.74, 6) is -3.79. The standard InChI is InChI=1S/C14H18F3NO/c1-18(12-4-2-3-5-13(12)19)8-9-6-10(15)14(17)11(16)7-9/h6-7,12-13,19H,2-5,8H2,1H3. The molecule has 1 aliphatic rings. The van der Waals surface area contributed by atoms with Crippen LogP contribution in [0, 0.1) is 17.5 Å². The molecular weight excluding hydrogens is 255 g/mol. The summed E-state index contributed by atoms with van der Waals surface area (Å²) in [6, 6.07) is 2.00. The van der Waals surface area contributed by atoms with E-state index in [2.05, 4.69) is 0 Å². The smallest absolute Gasteiger partial charge is 0.194 e. The first kappa shape index (κ1) is 14.3. The van der Waals surface area contributed by atoms with Gasteiger partial charge in [-0.2, -0.15) is 0 Å². The number of aliphatic hydroxyl groups is 1. The van der Waals surface area contributed by atoms with Crippen molar-refractivity contribution >= 4 is 0 Å². The average molecular weight is 273 g/mol. The quantitative estimate of drug-likeness (QED) is 0.856. The van der Waals surface area contributed by atoms with Gasteiger partial charge >= 0.3 is 0 Å². The molecule has 1 fully saturated rings. The van der Waals surface area contributed by atoms with E-state index in [0.29, 0.717) is 5.56 Å². The van der Waals surface area contributed by atoms with Crippen LogP contribution in [0.5, 0.6) is 0 Å². The average Bonchev–Trinajstić information content (AvgIpc) is 2.36. The van der Waals surface area contributed by atoms with E-state index in [1.807, 2.05) is 4.90 Å². The van der Waals surface area contributed by atoms with Crippen LogP contribution in [0.15, 0.2) is 12.1 Å². The van der Waals surface area contributed by atoms with Crippen LogP contribution in [-0.2, 0) is 6.54 Å². The van der Waals surface area contributed by atoms with Gasteiger partial charge in [0.05, 0.1) is 6.10 Å². The number of nitrogens with zero attached hydrogens (tertiary/aromatic N) is 1. The van der Waals surface area contributed by atoms with Crippen molar-refractivity contribution in [1.29, 1.82) is 0 Å². The van der Waals surface area contributed by atoms with Gasteiger partial charge in [-0.05, 0) is 37.6 Å². The third kappa shape index (κ3) is 3.28. The Labute approximate surface area is 110 Å². The lowest BCUT2D eigenvalue weighted by atomic mass is 9.91. The highest BCUT2D eigenvalue weighted by atomic mass is 19.2. The molecule has 2 atom stereocenters. The van der Waals surface area contributed by atoms with Gasteiger partial charge in [-0.1, -0.05) is 12.8 Å². The first-order valence-electron chi connectivity index (χ1n) is 6.50. The largest absolute Gasteiger partial charge is 0.391 e. The third-order valence-electron chi connectivity index (χ3n) is 3.74. The number of halogens is 3. The predicted octanol–water partition coefficient (Wildman–Crippen LogP) is 2.84. The third-order valence-corrected chi connectivity index (χ3v) is 3.74. The number of benzene rings is 1. The molecule has 1 N–H and O–H groups in total. The zero-order valence-electron chi connectivity index (χ0n) is 10.9. The minimum absolute atomic E-state index is 0.00933. The van der Waals surface area contributed by atoms with Gasteiger partial charge in [-0.3, -0.25) is 4.90 Å². The summed E-state index contributed by atoms with van der Waals surface area (Å²) in [4.78, 5) is 1.87. The Hall–Kier alpha value is -1.07. The van der Waals surface area contributed by atoms with E-state index < -0.39 is 23.6 Å². The molecule has 0 amide bonds. The second kappa shape index (κ2) is 5.92. The van der Waals surface area contributed by atoms with Crippen molar-refractivity contribution in [3.8, 4) is 0 Å². The monoisotopic (exact) mass is 273 g/mol. The summed E-state index contributed by atoms with van der Waals surface area (Å²) in [6.07, 6.45) is 3.25. The Balaban J connectivity index is 2.08. The van der Waals surface area contributed by atoms with E-state index in [9.17, 15) is 18.3 Å². The second-order valence-electron chi connectivity index (χ2n) is 5.21. The Morgan fingerprint density at radius 3 is 2.32 bits per heavy atom. The fraction of sp³-hybridized carbons (Fsp3) is 0.571. The lowest BCUT2D eigenvalue weighted by Gasteiger charge is -2.35. The first-order chi connectivity index (χ1) is 8.99. The molecule has 0 aliphatic heterocycles. The minimum atomic E-state index is -1.44. The SMILES string of the molecule is CN(Cc1cc(F)c(F)c(F)c1)C1CCCCC1O. The zero-order chi connectivity index (χ0) is 14.0. The van der Waals surface area contributed by atoms with Crippen LogP contribution in [-0.4, -0.2) is 29.2 Å². The van der Waals surface area contributed by atoms with Gasteiger partial charge < -0.3 is 5.11 Å². The molecule has 106 valence electrons. The van der Waals surface area contributed by atoms with Crippen molar-refractivity contribution in [2.45, 2.75) is 44.4 Å². The maximum Gasteiger partial charge on any atom is 0.194 e. The number of likely N-dealkylation sites (N-methyl/N-ethyl adjacent to an activating group) is 1. The molecule has 0 heterocycles. The van der Waals surface area contributed by atoms with Crippen LogP contribution in [0.4, 0.5) is 13.2 Å². The van der Waals surface area contributed by atoms with Crippen LogP contribution < -0.4 is 0 Å². The lowest BCUT2D eigenvalue weighted by molar-refractivity contribution is 0.0287. The summed E-state index contributed by atoms with van der Waals surface area (Å²) in [7, 11) is 1.80. The molecule has 2 rings (SSSR count). The van der Waals surface area contributed by atoms with E-state index in [4.69, 9.17) is 0 Å². The summed E-state index contributed by atoms with van der Waals surface area (Å²) < 4.78 is 39.1. The minimum Gasteiger partial charge on any atom is -0.391 e. The molecule has 1 aromatic carbocycles. The first-order valence-corrected chi connectivity index (χ1v) is 6.50. The van der Waals surface area contributed by atoms with E-state index >= 15 is 0 Å². The van der Waals surface area contributed by atoms with E-state index in [-0.39, 0.29) is 12.6 Å². The highest BCUT2D eigenvalue weighted by molar-refractivity contribution is 5.19. The summed E-state index contributed by atoms with van der Waals surface area (Å²) in [6.45, 7) is 0.288. The molecule has 2 unspecified atom stereocenters. The summed E-state index contributed by atoms with van der Waals surface area (Å²) in [5, 5.41) is 9.92. The molecule has 0 radical (unpaired) electrons. The van der Waals surface area contributed by atoms with Gasteiger partial charge in [0.25, 0.3) is 0 Å². The molecule has 5 heteroatoms. The van der Waals surface area contributed by atoms with Gasteiger partial charge in [0.15, 0.2) is 17.5 Å². The summed E-state index contributed by atoms with van der Waals surface area (Å²) >= 11 is 0. The Morgan fingerprint density at radius 1 is 1.16 bits per heavy atom. The molecule has 0 saturated heterocycles. The molecule has 19 heavy (non-hydrogen) atoms. The highest BCUT2D eigenvalue weighted by Gasteiger charge is 2.26.